The number of ether oxygens (including phenoxy) is 1. The lowest BCUT2D eigenvalue weighted by Gasteiger charge is -2.40. The molecule has 1 aliphatic rings. The molecule has 164 valence electrons. The minimum absolute atomic E-state index is 0.0291. The number of halogens is 1. The van der Waals surface area contributed by atoms with Crippen molar-refractivity contribution >= 4 is 34.4 Å². The van der Waals surface area contributed by atoms with Gasteiger partial charge in [0.05, 0.1) is 30.8 Å². The topological polar surface area (TPSA) is 119 Å². The van der Waals surface area contributed by atoms with Crippen LogP contribution in [0.1, 0.15) is 41.3 Å². The molecule has 0 bridgehead atoms. The molecule has 31 heavy (non-hydrogen) atoms. The number of likely N-dealkylation sites (tertiary alicyclic amines) is 1. The fraction of sp³-hybridized carbons (Fsp3) is 0.429. The zero-order chi connectivity index (χ0) is 22.4. The van der Waals surface area contributed by atoms with Crippen LogP contribution in [0.15, 0.2) is 12.4 Å². The molecule has 0 saturated carbocycles. The average molecular weight is 445 g/mol. The summed E-state index contributed by atoms with van der Waals surface area (Å²) in [6, 6.07) is 1.68. The highest BCUT2D eigenvalue weighted by atomic mass is 35.5. The Morgan fingerprint density at radius 1 is 1.39 bits per heavy atom. The van der Waals surface area contributed by atoms with Crippen LogP contribution >= 0.6 is 11.6 Å². The van der Waals surface area contributed by atoms with Gasteiger partial charge in [-0.15, -0.1) is 0 Å². The molecule has 1 atom stereocenters. The van der Waals surface area contributed by atoms with Crippen molar-refractivity contribution in [1.82, 2.24) is 24.6 Å². The molecule has 4 rings (SSSR count). The van der Waals surface area contributed by atoms with E-state index in [4.69, 9.17) is 27.2 Å². The Bertz CT molecular complexity index is 1170. The first-order valence-corrected chi connectivity index (χ1v) is 10.4. The van der Waals surface area contributed by atoms with Crippen LogP contribution < -0.4 is 10.5 Å². The Morgan fingerprint density at radius 2 is 2.10 bits per heavy atom. The molecule has 0 radical (unpaired) electrons. The SMILES string of the molecule is COc1c(C(C)n2nc(C)c3c(N)ncnc32)cc(Cl)c(C)c1C1CN(CC(=O)O)C1. The van der Waals surface area contributed by atoms with Gasteiger partial charge in [0, 0.05) is 35.2 Å². The smallest absolute Gasteiger partial charge is 0.317 e. The summed E-state index contributed by atoms with van der Waals surface area (Å²) < 4.78 is 7.69. The van der Waals surface area contributed by atoms with Gasteiger partial charge in [0.25, 0.3) is 0 Å². The van der Waals surface area contributed by atoms with E-state index in [1.54, 1.807) is 7.11 Å². The number of hydrogen-bond donors (Lipinski definition) is 2. The molecular weight excluding hydrogens is 420 g/mol. The number of anilines is 1. The number of rotatable bonds is 6. The number of carboxylic acids is 1. The van der Waals surface area contributed by atoms with Crippen LogP contribution in [0.25, 0.3) is 11.0 Å². The molecule has 0 spiro atoms. The van der Waals surface area contributed by atoms with E-state index in [9.17, 15) is 4.79 Å². The number of nitrogen functional groups attached to an aromatic ring is 1. The van der Waals surface area contributed by atoms with E-state index < -0.39 is 5.97 Å². The maximum Gasteiger partial charge on any atom is 0.317 e. The van der Waals surface area contributed by atoms with Gasteiger partial charge in [0.1, 0.15) is 17.9 Å². The number of aryl methyl sites for hydroxylation is 1. The zero-order valence-corrected chi connectivity index (χ0v) is 18.6. The van der Waals surface area contributed by atoms with Gasteiger partial charge in [0.15, 0.2) is 5.65 Å². The van der Waals surface area contributed by atoms with Crippen LogP contribution in [0.4, 0.5) is 5.82 Å². The number of methoxy groups -OCH3 is 1. The minimum atomic E-state index is -0.829. The summed E-state index contributed by atoms with van der Waals surface area (Å²) in [7, 11) is 1.64. The number of fused-ring (bicyclic) bond motifs is 1. The van der Waals surface area contributed by atoms with E-state index in [-0.39, 0.29) is 18.5 Å². The van der Waals surface area contributed by atoms with Crippen molar-refractivity contribution < 1.29 is 14.6 Å². The van der Waals surface area contributed by atoms with E-state index in [0.29, 0.717) is 29.6 Å². The van der Waals surface area contributed by atoms with Gasteiger partial charge in [-0.25, -0.2) is 14.6 Å². The summed E-state index contributed by atoms with van der Waals surface area (Å²) in [6.45, 7) is 7.17. The molecule has 1 unspecified atom stereocenters. The van der Waals surface area contributed by atoms with Gasteiger partial charge < -0.3 is 15.6 Å². The van der Waals surface area contributed by atoms with Crippen LogP contribution in [0, 0.1) is 13.8 Å². The molecule has 0 amide bonds. The third-order valence-electron chi connectivity index (χ3n) is 5.99. The molecule has 1 aromatic carbocycles. The first-order valence-electron chi connectivity index (χ1n) is 9.99. The van der Waals surface area contributed by atoms with Gasteiger partial charge in [-0.3, -0.25) is 9.69 Å². The van der Waals surface area contributed by atoms with E-state index in [1.807, 2.05) is 36.4 Å². The highest BCUT2D eigenvalue weighted by Gasteiger charge is 2.35. The number of nitrogens with two attached hydrogens (primary N) is 1. The molecule has 1 aliphatic heterocycles. The van der Waals surface area contributed by atoms with Gasteiger partial charge in [-0.1, -0.05) is 11.6 Å². The molecule has 9 nitrogen and oxygen atoms in total. The number of aliphatic carboxylic acids is 1. The van der Waals surface area contributed by atoms with Crippen LogP contribution in [-0.4, -0.2) is 62.5 Å². The fourth-order valence-corrected chi connectivity index (χ4v) is 4.66. The molecule has 10 heteroatoms. The minimum Gasteiger partial charge on any atom is -0.496 e. The van der Waals surface area contributed by atoms with Gasteiger partial charge >= 0.3 is 5.97 Å². The van der Waals surface area contributed by atoms with Crippen LogP contribution in [0.3, 0.4) is 0 Å². The summed E-state index contributed by atoms with van der Waals surface area (Å²) in [6.07, 6.45) is 1.43. The quantitative estimate of drug-likeness (QED) is 0.595. The van der Waals surface area contributed by atoms with Crippen molar-refractivity contribution in [3.05, 3.63) is 39.8 Å². The van der Waals surface area contributed by atoms with Crippen molar-refractivity contribution in [3.8, 4) is 5.75 Å². The standard InChI is InChI=1S/C21H25ClN6O3/c1-10-15(22)5-14(19(31-4)17(10)13-6-27(7-13)8-16(29)30)12(3)28-21-18(11(2)26-28)20(23)24-9-25-21/h5,9,12-13H,6-8H2,1-4H3,(H,29,30)(H2,23,24,25). The number of hydrogen-bond acceptors (Lipinski definition) is 7. The van der Waals surface area contributed by atoms with Crippen molar-refractivity contribution in [2.45, 2.75) is 32.7 Å². The maximum absolute atomic E-state index is 11.0. The van der Waals surface area contributed by atoms with Gasteiger partial charge in [0.2, 0.25) is 0 Å². The van der Waals surface area contributed by atoms with Crippen molar-refractivity contribution in [1.29, 1.82) is 0 Å². The molecule has 2 aromatic heterocycles. The maximum atomic E-state index is 11.0. The summed E-state index contributed by atoms with van der Waals surface area (Å²) in [5.74, 6) is 0.457. The lowest BCUT2D eigenvalue weighted by molar-refractivity contribution is -0.139. The predicted octanol–water partition coefficient (Wildman–Crippen LogP) is 2.78. The zero-order valence-electron chi connectivity index (χ0n) is 17.9. The van der Waals surface area contributed by atoms with Gasteiger partial charge in [-0.2, -0.15) is 5.10 Å². The van der Waals surface area contributed by atoms with Crippen molar-refractivity contribution in [2.75, 3.05) is 32.5 Å². The average Bonchev–Trinajstić information content (AvgIpc) is 3.03. The monoisotopic (exact) mass is 444 g/mol. The van der Waals surface area contributed by atoms with Crippen LogP contribution in [0.2, 0.25) is 5.02 Å². The molecule has 3 heterocycles. The predicted molar refractivity (Wildman–Crippen MR) is 118 cm³/mol. The van der Waals surface area contributed by atoms with E-state index in [0.717, 1.165) is 33.5 Å². The Balaban J connectivity index is 1.79. The Labute approximate surface area is 184 Å². The lowest BCUT2D eigenvalue weighted by Crippen LogP contribution is -2.47. The Hall–Kier alpha value is -2.91. The first-order chi connectivity index (χ1) is 14.7. The molecule has 1 fully saturated rings. The highest BCUT2D eigenvalue weighted by molar-refractivity contribution is 6.31. The van der Waals surface area contributed by atoms with Crippen molar-refractivity contribution in [2.24, 2.45) is 0 Å². The second kappa shape index (κ2) is 7.97. The number of carbonyl (C=O) groups is 1. The number of nitrogens with zero attached hydrogens (tertiary/aromatic N) is 5. The van der Waals surface area contributed by atoms with Crippen molar-refractivity contribution in [3.63, 3.8) is 0 Å². The Kier molecular flexibility index (Phi) is 5.49. The lowest BCUT2D eigenvalue weighted by atomic mass is 9.85. The van der Waals surface area contributed by atoms with Crippen LogP contribution in [-0.2, 0) is 4.79 Å². The normalized spacial score (nSPS) is 15.8. The second-order valence-corrected chi connectivity index (χ2v) is 8.37. The summed E-state index contributed by atoms with van der Waals surface area (Å²) >= 11 is 6.64. The highest BCUT2D eigenvalue weighted by Crippen LogP contribution is 2.44. The third kappa shape index (κ3) is 3.57. The van der Waals surface area contributed by atoms with E-state index >= 15 is 0 Å². The Morgan fingerprint density at radius 3 is 2.74 bits per heavy atom. The molecule has 1 saturated heterocycles. The molecular formula is C21H25ClN6O3. The molecule has 3 N–H and O–H groups in total. The van der Waals surface area contributed by atoms with Gasteiger partial charge in [-0.05, 0) is 32.4 Å². The fourth-order valence-electron chi connectivity index (χ4n) is 4.44. The third-order valence-corrected chi connectivity index (χ3v) is 6.38. The second-order valence-electron chi connectivity index (χ2n) is 7.97. The molecule has 3 aromatic rings. The van der Waals surface area contributed by atoms with Crippen LogP contribution in [0.5, 0.6) is 5.75 Å². The molecule has 0 aliphatic carbocycles. The number of carboxylic acid groups (broad SMARTS) is 1. The summed E-state index contributed by atoms with van der Waals surface area (Å²) in [5.41, 5.74) is 10.3. The summed E-state index contributed by atoms with van der Waals surface area (Å²) in [4.78, 5) is 21.4. The number of benzene rings is 1. The first kappa shape index (κ1) is 21.3. The largest absolute Gasteiger partial charge is 0.496 e. The number of aromatic nitrogens is 4. The van der Waals surface area contributed by atoms with E-state index in [1.165, 1.54) is 6.33 Å². The van der Waals surface area contributed by atoms with E-state index in [2.05, 4.69) is 15.1 Å². The summed E-state index contributed by atoms with van der Waals surface area (Å²) in [5, 5.41) is 15.1.